The molecule has 1 heterocycles. The summed E-state index contributed by atoms with van der Waals surface area (Å²) in [6, 6.07) is 13.5. The first-order valence-electron chi connectivity index (χ1n) is 8.97. The Morgan fingerprint density at radius 3 is 2.26 bits per heavy atom. The number of amides is 2. The average molecular weight is 447 g/mol. The van der Waals surface area contributed by atoms with Crippen molar-refractivity contribution in [3.63, 3.8) is 0 Å². The molecule has 0 atom stereocenters. The summed E-state index contributed by atoms with van der Waals surface area (Å²) in [7, 11) is 0. The summed E-state index contributed by atoms with van der Waals surface area (Å²) in [6.07, 6.45) is 0. The summed E-state index contributed by atoms with van der Waals surface area (Å²) in [6.45, 7) is 6.47. The Morgan fingerprint density at radius 2 is 1.59 bits per heavy atom. The Morgan fingerprint density at radius 1 is 0.963 bits per heavy atom. The molecule has 2 aromatic carbocycles. The minimum absolute atomic E-state index is 0.0398. The zero-order valence-corrected chi connectivity index (χ0v) is 18.0. The van der Waals surface area contributed by atoms with E-state index in [1.54, 1.807) is 11.8 Å². The van der Waals surface area contributed by atoms with E-state index in [1.807, 2.05) is 40.1 Å². The molecule has 0 saturated carbocycles. The smallest absolute Gasteiger partial charge is 0.253 e. The van der Waals surface area contributed by atoms with Crippen LogP contribution in [0.15, 0.2) is 51.8 Å². The maximum atomic E-state index is 12.6. The van der Waals surface area contributed by atoms with Crippen molar-refractivity contribution in [2.45, 2.75) is 18.7 Å². The van der Waals surface area contributed by atoms with Gasteiger partial charge in [-0.25, -0.2) is 0 Å². The molecule has 142 valence electrons. The Kier molecular flexibility index (Phi) is 6.60. The van der Waals surface area contributed by atoms with Crippen LogP contribution in [0.2, 0.25) is 0 Å². The van der Waals surface area contributed by atoms with Gasteiger partial charge in [-0.15, -0.1) is 11.8 Å². The molecule has 0 spiro atoms. The molecule has 3 rings (SSSR count). The molecule has 4 nitrogen and oxygen atoms in total. The van der Waals surface area contributed by atoms with Gasteiger partial charge in [-0.05, 0) is 49.2 Å². The molecule has 1 aliphatic heterocycles. The van der Waals surface area contributed by atoms with E-state index in [0.717, 1.165) is 9.37 Å². The van der Waals surface area contributed by atoms with Crippen molar-refractivity contribution in [1.82, 2.24) is 9.80 Å². The van der Waals surface area contributed by atoms with Gasteiger partial charge >= 0.3 is 0 Å². The minimum atomic E-state index is 0.0398. The number of halogens is 1. The zero-order chi connectivity index (χ0) is 19.4. The van der Waals surface area contributed by atoms with E-state index in [2.05, 4.69) is 41.9 Å². The van der Waals surface area contributed by atoms with Crippen molar-refractivity contribution in [3.05, 3.63) is 63.6 Å². The van der Waals surface area contributed by atoms with E-state index >= 15 is 0 Å². The molecule has 0 radical (unpaired) electrons. The molecular weight excluding hydrogens is 424 g/mol. The second-order valence-corrected chi connectivity index (χ2v) is 8.57. The van der Waals surface area contributed by atoms with Crippen molar-refractivity contribution < 1.29 is 9.59 Å². The molecule has 1 fully saturated rings. The predicted molar refractivity (Wildman–Crippen MR) is 113 cm³/mol. The fraction of sp³-hybridized carbons (Fsp3) is 0.333. The number of benzene rings is 2. The number of nitrogens with zero attached hydrogens (tertiary/aromatic N) is 2. The van der Waals surface area contributed by atoms with Gasteiger partial charge in [-0.2, -0.15) is 0 Å². The van der Waals surface area contributed by atoms with E-state index in [1.165, 1.54) is 11.1 Å². The number of hydrogen-bond donors (Lipinski definition) is 0. The number of thioether (sulfide) groups is 1. The van der Waals surface area contributed by atoms with Crippen LogP contribution in [0, 0.1) is 13.8 Å². The summed E-state index contributed by atoms with van der Waals surface area (Å²) in [5.74, 6) is 0.596. The van der Waals surface area contributed by atoms with Crippen LogP contribution >= 0.6 is 27.7 Å². The highest BCUT2D eigenvalue weighted by atomic mass is 79.9. The number of carbonyl (C=O) groups is 2. The van der Waals surface area contributed by atoms with Crippen LogP contribution in [0.3, 0.4) is 0 Å². The highest BCUT2D eigenvalue weighted by molar-refractivity contribution is 9.10. The van der Waals surface area contributed by atoms with E-state index in [-0.39, 0.29) is 11.8 Å². The Balaban J connectivity index is 1.52. The summed E-state index contributed by atoms with van der Waals surface area (Å²) in [5, 5.41) is 0. The van der Waals surface area contributed by atoms with Gasteiger partial charge in [-0.3, -0.25) is 9.59 Å². The summed E-state index contributed by atoms with van der Waals surface area (Å²) in [4.78, 5) is 29.9. The van der Waals surface area contributed by atoms with Crippen LogP contribution in [0.5, 0.6) is 0 Å². The molecule has 0 aromatic heterocycles. The zero-order valence-electron chi connectivity index (χ0n) is 15.6. The van der Waals surface area contributed by atoms with Crippen LogP contribution in [0.4, 0.5) is 0 Å². The molecule has 1 aliphatic rings. The lowest BCUT2D eigenvalue weighted by Crippen LogP contribution is -2.51. The molecule has 2 aromatic rings. The summed E-state index contributed by atoms with van der Waals surface area (Å²) >= 11 is 5.12. The number of carbonyl (C=O) groups excluding carboxylic acids is 2. The maximum Gasteiger partial charge on any atom is 0.253 e. The van der Waals surface area contributed by atoms with Crippen molar-refractivity contribution in [2.75, 3.05) is 31.9 Å². The number of hydrogen-bond acceptors (Lipinski definition) is 3. The normalized spacial score (nSPS) is 14.3. The number of aryl methyl sites for hydroxylation is 2. The highest BCUT2D eigenvalue weighted by Crippen LogP contribution is 2.28. The van der Waals surface area contributed by atoms with Crippen molar-refractivity contribution in [3.8, 4) is 0 Å². The fourth-order valence-corrected chi connectivity index (χ4v) is 4.53. The van der Waals surface area contributed by atoms with Crippen molar-refractivity contribution >= 4 is 39.5 Å². The summed E-state index contributed by atoms with van der Waals surface area (Å²) < 4.78 is 1.09. The van der Waals surface area contributed by atoms with E-state index in [0.29, 0.717) is 37.5 Å². The van der Waals surface area contributed by atoms with E-state index in [9.17, 15) is 9.59 Å². The highest BCUT2D eigenvalue weighted by Gasteiger charge is 2.24. The lowest BCUT2D eigenvalue weighted by Gasteiger charge is -2.34. The molecule has 0 bridgehead atoms. The second-order valence-electron chi connectivity index (χ2n) is 6.69. The van der Waals surface area contributed by atoms with Crippen LogP contribution in [-0.2, 0) is 4.79 Å². The van der Waals surface area contributed by atoms with Gasteiger partial charge in [-0.1, -0.05) is 34.1 Å². The fourth-order valence-electron chi connectivity index (χ4n) is 3.06. The predicted octanol–water partition coefficient (Wildman–Crippen LogP) is 4.14. The quantitative estimate of drug-likeness (QED) is 0.662. The van der Waals surface area contributed by atoms with Gasteiger partial charge in [0.2, 0.25) is 5.91 Å². The van der Waals surface area contributed by atoms with Crippen molar-refractivity contribution in [2.24, 2.45) is 0 Å². The van der Waals surface area contributed by atoms with Crippen LogP contribution < -0.4 is 0 Å². The molecule has 0 N–H and O–H groups in total. The topological polar surface area (TPSA) is 40.6 Å². The van der Waals surface area contributed by atoms with E-state index < -0.39 is 0 Å². The average Bonchev–Trinajstić information content (AvgIpc) is 2.69. The minimum Gasteiger partial charge on any atom is -0.338 e. The molecule has 27 heavy (non-hydrogen) atoms. The van der Waals surface area contributed by atoms with Gasteiger partial charge in [0, 0.05) is 41.1 Å². The van der Waals surface area contributed by atoms with Crippen LogP contribution in [0.1, 0.15) is 21.5 Å². The maximum absolute atomic E-state index is 12.6. The molecule has 0 aliphatic carbocycles. The third-order valence-electron chi connectivity index (χ3n) is 4.75. The lowest BCUT2D eigenvalue weighted by atomic mass is 10.2. The van der Waals surface area contributed by atoms with E-state index in [4.69, 9.17) is 0 Å². The Bertz CT molecular complexity index is 834. The third kappa shape index (κ3) is 4.93. The third-order valence-corrected chi connectivity index (χ3v) is 6.74. The molecule has 6 heteroatoms. The molecule has 1 saturated heterocycles. The van der Waals surface area contributed by atoms with Crippen LogP contribution in [-0.4, -0.2) is 53.5 Å². The molecule has 0 unspecified atom stereocenters. The van der Waals surface area contributed by atoms with Gasteiger partial charge in [0.05, 0.1) is 5.75 Å². The van der Waals surface area contributed by atoms with Gasteiger partial charge in [0.25, 0.3) is 5.91 Å². The standard InChI is InChI=1S/C21H23BrN2O2S/c1-15-13-19(16(2)12-18(15)22)27-14-20(25)23-8-10-24(11-9-23)21(26)17-6-4-3-5-7-17/h3-7,12-13H,8-11,14H2,1-2H3. The Labute approximate surface area is 173 Å². The SMILES string of the molecule is Cc1cc(SCC(=O)N2CCN(C(=O)c3ccccc3)CC2)c(C)cc1Br. The number of piperazine rings is 1. The lowest BCUT2D eigenvalue weighted by molar-refractivity contribution is -0.129. The van der Waals surface area contributed by atoms with Gasteiger partial charge < -0.3 is 9.80 Å². The summed E-state index contributed by atoms with van der Waals surface area (Å²) in [5.41, 5.74) is 3.04. The first kappa shape index (κ1) is 20.0. The Hall–Kier alpha value is -1.79. The molecule has 2 amide bonds. The largest absolute Gasteiger partial charge is 0.338 e. The van der Waals surface area contributed by atoms with Gasteiger partial charge in [0.15, 0.2) is 0 Å². The number of rotatable bonds is 4. The first-order chi connectivity index (χ1) is 13.0. The van der Waals surface area contributed by atoms with Gasteiger partial charge in [0.1, 0.15) is 0 Å². The first-order valence-corrected chi connectivity index (χ1v) is 10.7. The monoisotopic (exact) mass is 446 g/mol. The van der Waals surface area contributed by atoms with Crippen molar-refractivity contribution in [1.29, 1.82) is 0 Å². The molecular formula is C21H23BrN2O2S. The van der Waals surface area contributed by atoms with Crippen LogP contribution in [0.25, 0.3) is 0 Å². The second kappa shape index (κ2) is 8.93.